The van der Waals surface area contributed by atoms with Crippen LogP contribution >= 0.6 is 22.9 Å². The number of anilines is 1. The highest BCUT2D eigenvalue weighted by Crippen LogP contribution is 2.20. The van der Waals surface area contributed by atoms with Gasteiger partial charge in [-0.2, -0.15) is 0 Å². The van der Waals surface area contributed by atoms with E-state index in [0.717, 1.165) is 30.3 Å². The van der Waals surface area contributed by atoms with Crippen molar-refractivity contribution in [3.05, 3.63) is 33.1 Å². The van der Waals surface area contributed by atoms with Crippen LogP contribution in [0.3, 0.4) is 0 Å². The van der Waals surface area contributed by atoms with Crippen LogP contribution in [0.2, 0.25) is 5.15 Å². The molecule has 0 aliphatic rings. The Kier molecular flexibility index (Phi) is 4.14. The lowest BCUT2D eigenvalue weighted by molar-refractivity contribution is 0.861. The number of hydrogen-bond acceptors (Lipinski definition) is 5. The van der Waals surface area contributed by atoms with Crippen molar-refractivity contribution in [2.75, 3.05) is 11.9 Å². The minimum absolute atomic E-state index is 0.490. The second-order valence-electron chi connectivity index (χ2n) is 4.04. The zero-order chi connectivity index (χ0) is 13.1. The summed E-state index contributed by atoms with van der Waals surface area (Å²) in [6, 6.07) is 1.79. The summed E-state index contributed by atoms with van der Waals surface area (Å²) in [6.45, 7) is 4.82. The maximum Gasteiger partial charge on any atom is 0.134 e. The molecule has 0 amide bonds. The largest absolute Gasteiger partial charge is 0.354 e. The summed E-state index contributed by atoms with van der Waals surface area (Å²) in [5, 5.41) is 0.490. The fraction of sp³-hybridized carbons (Fsp3) is 0.417. The number of nitrogens with zero attached hydrogens (tertiary/aromatic N) is 4. The van der Waals surface area contributed by atoms with E-state index in [4.69, 9.17) is 11.6 Å². The second kappa shape index (κ2) is 5.63. The van der Waals surface area contributed by atoms with Gasteiger partial charge in [0.2, 0.25) is 0 Å². The number of aromatic nitrogens is 3. The smallest absolute Gasteiger partial charge is 0.134 e. The molecule has 0 radical (unpaired) electrons. The molecule has 0 aliphatic carbocycles. The molecule has 0 bridgehead atoms. The minimum atomic E-state index is 0.490. The van der Waals surface area contributed by atoms with Gasteiger partial charge in [-0.3, -0.25) is 0 Å². The molecule has 0 aliphatic heterocycles. The number of halogens is 1. The Hall–Kier alpha value is -1.20. The molecule has 2 heterocycles. The molecular formula is C12H15ClN4S. The van der Waals surface area contributed by atoms with Gasteiger partial charge < -0.3 is 4.90 Å². The molecule has 2 rings (SSSR count). The van der Waals surface area contributed by atoms with Gasteiger partial charge in [-0.15, -0.1) is 11.3 Å². The normalized spacial score (nSPS) is 10.7. The van der Waals surface area contributed by atoms with Gasteiger partial charge in [0.05, 0.1) is 17.7 Å². The monoisotopic (exact) mass is 282 g/mol. The summed E-state index contributed by atoms with van der Waals surface area (Å²) >= 11 is 7.66. The van der Waals surface area contributed by atoms with E-state index >= 15 is 0 Å². The Labute approximate surface area is 116 Å². The lowest BCUT2D eigenvalue weighted by atomic mass is 10.3. The highest BCUT2D eigenvalue weighted by Gasteiger charge is 2.10. The number of hydrogen-bond donors (Lipinski definition) is 0. The molecule has 4 nitrogen and oxygen atoms in total. The van der Waals surface area contributed by atoms with E-state index in [0.29, 0.717) is 5.15 Å². The van der Waals surface area contributed by atoms with Gasteiger partial charge in [0.1, 0.15) is 16.8 Å². The van der Waals surface area contributed by atoms with Crippen molar-refractivity contribution in [1.29, 1.82) is 0 Å². The second-order valence-corrected chi connectivity index (χ2v) is 5.36. The summed E-state index contributed by atoms with van der Waals surface area (Å²) in [6.07, 6.45) is 0.779. The first kappa shape index (κ1) is 13.2. The number of thiazole rings is 1. The quantitative estimate of drug-likeness (QED) is 0.808. The highest BCUT2D eigenvalue weighted by atomic mass is 35.5. The predicted octanol–water partition coefficient (Wildman–Crippen LogP) is 3.09. The SMILES string of the molecule is CCc1nc(Cl)cc(N(C)Cc2scnc2C)n1. The molecule has 0 saturated carbocycles. The molecule has 0 aromatic carbocycles. The molecule has 0 atom stereocenters. The van der Waals surface area contributed by atoms with E-state index in [9.17, 15) is 0 Å². The van der Waals surface area contributed by atoms with Crippen LogP contribution in [0.1, 0.15) is 23.3 Å². The number of aryl methyl sites for hydroxylation is 2. The van der Waals surface area contributed by atoms with E-state index < -0.39 is 0 Å². The van der Waals surface area contributed by atoms with Crippen molar-refractivity contribution in [2.24, 2.45) is 0 Å². The minimum Gasteiger partial charge on any atom is -0.354 e. The molecule has 0 N–H and O–H groups in total. The predicted molar refractivity (Wildman–Crippen MR) is 75.4 cm³/mol. The van der Waals surface area contributed by atoms with Gasteiger partial charge in [0.15, 0.2) is 0 Å². The molecule has 0 spiro atoms. The molecular weight excluding hydrogens is 268 g/mol. The summed E-state index contributed by atoms with van der Waals surface area (Å²) in [4.78, 5) is 16.2. The Balaban J connectivity index is 2.20. The highest BCUT2D eigenvalue weighted by molar-refractivity contribution is 7.09. The molecule has 0 unspecified atom stereocenters. The van der Waals surface area contributed by atoms with E-state index in [1.54, 1.807) is 17.4 Å². The van der Waals surface area contributed by atoms with Crippen molar-refractivity contribution in [1.82, 2.24) is 15.0 Å². The van der Waals surface area contributed by atoms with Crippen LogP contribution in [0.25, 0.3) is 0 Å². The van der Waals surface area contributed by atoms with Gasteiger partial charge in [-0.25, -0.2) is 15.0 Å². The van der Waals surface area contributed by atoms with Crippen LogP contribution < -0.4 is 4.90 Å². The van der Waals surface area contributed by atoms with Crippen LogP contribution in [0.5, 0.6) is 0 Å². The van der Waals surface area contributed by atoms with Gasteiger partial charge >= 0.3 is 0 Å². The summed E-state index contributed by atoms with van der Waals surface area (Å²) in [5.41, 5.74) is 2.94. The van der Waals surface area contributed by atoms with E-state index in [-0.39, 0.29) is 0 Å². The third kappa shape index (κ3) is 2.97. The first-order chi connectivity index (χ1) is 8.60. The molecule has 0 saturated heterocycles. The zero-order valence-electron chi connectivity index (χ0n) is 10.6. The van der Waals surface area contributed by atoms with Crippen LogP contribution in [-0.4, -0.2) is 22.0 Å². The van der Waals surface area contributed by atoms with Crippen LogP contribution in [-0.2, 0) is 13.0 Å². The maximum absolute atomic E-state index is 6.00. The summed E-state index contributed by atoms with van der Waals surface area (Å²) in [5.74, 6) is 1.62. The van der Waals surface area contributed by atoms with Crippen molar-refractivity contribution >= 4 is 28.8 Å². The first-order valence-corrected chi connectivity index (χ1v) is 6.99. The molecule has 6 heteroatoms. The van der Waals surface area contributed by atoms with Crippen molar-refractivity contribution < 1.29 is 0 Å². The van der Waals surface area contributed by atoms with Gasteiger partial charge in [-0.1, -0.05) is 18.5 Å². The van der Waals surface area contributed by atoms with Gasteiger partial charge in [-0.05, 0) is 6.92 Å². The van der Waals surface area contributed by atoms with Crippen LogP contribution in [0, 0.1) is 6.92 Å². The van der Waals surface area contributed by atoms with E-state index in [1.807, 2.05) is 26.4 Å². The van der Waals surface area contributed by atoms with Crippen molar-refractivity contribution in [2.45, 2.75) is 26.8 Å². The standard InChI is InChI=1S/C12H15ClN4S/c1-4-11-15-10(13)5-12(16-11)17(3)6-9-8(2)14-7-18-9/h5,7H,4,6H2,1-3H3. The van der Waals surface area contributed by atoms with Crippen molar-refractivity contribution in [3.8, 4) is 0 Å². The fourth-order valence-corrected chi connectivity index (χ4v) is 2.60. The fourth-order valence-electron chi connectivity index (χ4n) is 1.58. The Morgan fingerprint density at radius 2 is 2.17 bits per heavy atom. The molecule has 0 fully saturated rings. The van der Waals surface area contributed by atoms with Crippen LogP contribution in [0.4, 0.5) is 5.82 Å². The zero-order valence-corrected chi connectivity index (χ0v) is 12.2. The third-order valence-corrected chi connectivity index (χ3v) is 3.77. The van der Waals surface area contributed by atoms with Crippen LogP contribution in [0.15, 0.2) is 11.6 Å². The average Bonchev–Trinajstić information content (AvgIpc) is 2.74. The Bertz CT molecular complexity index is 541. The van der Waals surface area contributed by atoms with E-state index in [2.05, 4.69) is 19.9 Å². The molecule has 2 aromatic rings. The van der Waals surface area contributed by atoms with E-state index in [1.165, 1.54) is 4.88 Å². The van der Waals surface area contributed by atoms with Crippen molar-refractivity contribution in [3.63, 3.8) is 0 Å². The van der Waals surface area contributed by atoms with Gasteiger partial charge in [0, 0.05) is 24.4 Å². The number of rotatable bonds is 4. The van der Waals surface area contributed by atoms with Gasteiger partial charge in [0.25, 0.3) is 0 Å². The Morgan fingerprint density at radius 1 is 1.39 bits per heavy atom. The lowest BCUT2D eigenvalue weighted by Crippen LogP contribution is -2.18. The lowest BCUT2D eigenvalue weighted by Gasteiger charge is -2.18. The molecule has 18 heavy (non-hydrogen) atoms. The molecule has 96 valence electrons. The maximum atomic E-state index is 6.00. The average molecular weight is 283 g/mol. The third-order valence-electron chi connectivity index (χ3n) is 2.66. The Morgan fingerprint density at radius 3 is 2.78 bits per heavy atom. The molecule has 2 aromatic heterocycles. The summed E-state index contributed by atoms with van der Waals surface area (Å²) < 4.78 is 0. The topological polar surface area (TPSA) is 41.9 Å². The summed E-state index contributed by atoms with van der Waals surface area (Å²) in [7, 11) is 2.00. The first-order valence-electron chi connectivity index (χ1n) is 5.73.